The summed E-state index contributed by atoms with van der Waals surface area (Å²) < 4.78 is 10.5. The van der Waals surface area contributed by atoms with Gasteiger partial charge >= 0.3 is 12.0 Å². The number of esters is 1. The van der Waals surface area contributed by atoms with Gasteiger partial charge in [-0.1, -0.05) is 24.3 Å². The molecule has 1 saturated heterocycles. The Balaban J connectivity index is 1.28. The van der Waals surface area contributed by atoms with Crippen LogP contribution in [0.4, 0.5) is 16.2 Å². The molecule has 2 amide bonds. The van der Waals surface area contributed by atoms with Gasteiger partial charge in [-0.15, -0.1) is 0 Å². The Morgan fingerprint density at radius 1 is 1.07 bits per heavy atom. The molecule has 2 atom stereocenters. The molecule has 2 aromatic carbocycles. The minimum atomic E-state index is -0.617. The van der Waals surface area contributed by atoms with E-state index in [0.29, 0.717) is 29.2 Å². The molecule has 0 aromatic heterocycles. The Morgan fingerprint density at radius 3 is 2.54 bits per heavy atom. The molecule has 2 heterocycles. The molecular formula is C31H38N6O4. The van der Waals surface area contributed by atoms with Crippen molar-refractivity contribution < 1.29 is 19.1 Å². The van der Waals surface area contributed by atoms with Crippen molar-refractivity contribution in [2.75, 3.05) is 63.7 Å². The fraction of sp³-hybridized carbons (Fsp3) is 0.419. The number of nitrogens with zero attached hydrogens (tertiary/aromatic N) is 4. The molecule has 2 aliphatic heterocycles. The number of allylic oxidation sites excluding steroid dienone is 1. The van der Waals surface area contributed by atoms with Gasteiger partial charge in [-0.2, -0.15) is 5.26 Å². The summed E-state index contributed by atoms with van der Waals surface area (Å²) >= 11 is 0. The third-order valence-corrected chi connectivity index (χ3v) is 7.61. The maximum absolute atomic E-state index is 12.6. The molecule has 2 unspecified atom stereocenters. The molecule has 41 heavy (non-hydrogen) atoms. The highest BCUT2D eigenvalue weighted by molar-refractivity contribution is 5.98. The van der Waals surface area contributed by atoms with Gasteiger partial charge in [0.25, 0.3) is 0 Å². The van der Waals surface area contributed by atoms with Crippen molar-refractivity contribution in [1.29, 1.82) is 5.26 Å². The number of ether oxygens (including phenoxy) is 2. The molecule has 0 aliphatic carbocycles. The number of hydrogen-bond donors (Lipinski definition) is 2. The quantitative estimate of drug-likeness (QED) is 0.350. The monoisotopic (exact) mass is 558 g/mol. The lowest BCUT2D eigenvalue weighted by Gasteiger charge is -2.36. The van der Waals surface area contributed by atoms with Crippen LogP contribution in [0.3, 0.4) is 0 Å². The Morgan fingerprint density at radius 2 is 1.83 bits per heavy atom. The van der Waals surface area contributed by atoms with E-state index in [2.05, 4.69) is 37.6 Å². The van der Waals surface area contributed by atoms with Crippen LogP contribution in [0, 0.1) is 17.2 Å². The molecule has 2 aromatic rings. The SMILES string of the molecule is COC(=O)C1=C(C)N=C(C)C(C#N)C1c1cccc(NC(=O)NCCCN2CCN(c3ccccc3OC)CC2)c1. The third-order valence-electron chi connectivity index (χ3n) is 7.61. The number of nitriles is 1. The summed E-state index contributed by atoms with van der Waals surface area (Å²) in [5.41, 5.74) is 3.96. The number of benzene rings is 2. The van der Waals surface area contributed by atoms with Crippen LogP contribution in [0.1, 0.15) is 31.7 Å². The Labute approximate surface area is 241 Å². The minimum absolute atomic E-state index is 0.304. The van der Waals surface area contributed by atoms with E-state index in [0.717, 1.165) is 56.1 Å². The van der Waals surface area contributed by atoms with Crippen molar-refractivity contribution in [3.05, 3.63) is 65.4 Å². The van der Waals surface area contributed by atoms with Gasteiger partial charge in [0.1, 0.15) is 5.75 Å². The Kier molecular flexibility index (Phi) is 9.98. The van der Waals surface area contributed by atoms with Crippen LogP contribution in [0.2, 0.25) is 0 Å². The molecule has 1 fully saturated rings. The van der Waals surface area contributed by atoms with Crippen LogP contribution < -0.4 is 20.3 Å². The Hall–Kier alpha value is -4.36. The van der Waals surface area contributed by atoms with Crippen LogP contribution in [0.5, 0.6) is 5.75 Å². The zero-order chi connectivity index (χ0) is 29.4. The average molecular weight is 559 g/mol. The number of amides is 2. The fourth-order valence-electron chi connectivity index (χ4n) is 5.53. The van der Waals surface area contributed by atoms with E-state index < -0.39 is 17.8 Å². The zero-order valence-electron chi connectivity index (χ0n) is 24.1. The molecule has 10 nitrogen and oxygen atoms in total. The number of rotatable bonds is 9. The van der Waals surface area contributed by atoms with Gasteiger partial charge in [0.15, 0.2) is 0 Å². The molecule has 4 rings (SSSR count). The molecule has 10 heteroatoms. The highest BCUT2D eigenvalue weighted by Crippen LogP contribution is 2.39. The number of anilines is 2. The first-order valence-electron chi connectivity index (χ1n) is 13.8. The van der Waals surface area contributed by atoms with Gasteiger partial charge < -0.3 is 25.0 Å². The maximum atomic E-state index is 12.6. The first kappa shape index (κ1) is 29.6. The third kappa shape index (κ3) is 7.05. The zero-order valence-corrected chi connectivity index (χ0v) is 24.1. The van der Waals surface area contributed by atoms with E-state index >= 15 is 0 Å². The first-order chi connectivity index (χ1) is 19.9. The first-order valence-corrected chi connectivity index (χ1v) is 13.8. The number of nitrogens with one attached hydrogen (secondary N) is 2. The van der Waals surface area contributed by atoms with Gasteiger partial charge in [-0.25, -0.2) is 9.59 Å². The van der Waals surface area contributed by atoms with Gasteiger partial charge in [-0.3, -0.25) is 9.89 Å². The normalized spacial score (nSPS) is 19.2. The number of carbonyl (C=O) groups excluding carboxylic acids is 2. The number of methoxy groups -OCH3 is 2. The molecular weight excluding hydrogens is 520 g/mol. The minimum Gasteiger partial charge on any atom is -0.495 e. The fourth-order valence-corrected chi connectivity index (χ4v) is 5.53. The largest absolute Gasteiger partial charge is 0.495 e. The summed E-state index contributed by atoms with van der Waals surface area (Å²) in [6.07, 6.45) is 0.833. The summed E-state index contributed by atoms with van der Waals surface area (Å²) in [6.45, 7) is 8.73. The van der Waals surface area contributed by atoms with Crippen LogP contribution >= 0.6 is 0 Å². The van der Waals surface area contributed by atoms with Crippen molar-refractivity contribution in [3.63, 3.8) is 0 Å². The van der Waals surface area contributed by atoms with Crippen molar-refractivity contribution in [3.8, 4) is 11.8 Å². The number of para-hydroxylation sites is 2. The Bertz CT molecular complexity index is 1360. The predicted molar refractivity (Wildman–Crippen MR) is 159 cm³/mol. The second-order valence-corrected chi connectivity index (χ2v) is 10.2. The maximum Gasteiger partial charge on any atom is 0.336 e. The van der Waals surface area contributed by atoms with Crippen molar-refractivity contribution in [1.82, 2.24) is 10.2 Å². The number of piperazine rings is 1. The van der Waals surface area contributed by atoms with E-state index in [1.54, 1.807) is 39.2 Å². The number of hydrogen-bond acceptors (Lipinski definition) is 8. The van der Waals surface area contributed by atoms with E-state index in [4.69, 9.17) is 9.47 Å². The van der Waals surface area contributed by atoms with Crippen molar-refractivity contribution in [2.24, 2.45) is 10.9 Å². The highest BCUT2D eigenvalue weighted by atomic mass is 16.5. The topological polar surface area (TPSA) is 119 Å². The van der Waals surface area contributed by atoms with Crippen molar-refractivity contribution >= 4 is 29.1 Å². The van der Waals surface area contributed by atoms with Crippen LogP contribution in [0.25, 0.3) is 0 Å². The molecule has 2 N–H and O–H groups in total. The van der Waals surface area contributed by atoms with E-state index in [-0.39, 0.29) is 6.03 Å². The number of aliphatic imine (C=N–C) groups is 1. The van der Waals surface area contributed by atoms with Crippen LogP contribution in [-0.4, -0.2) is 76.1 Å². The van der Waals surface area contributed by atoms with E-state index in [1.807, 2.05) is 24.3 Å². The smallest absolute Gasteiger partial charge is 0.336 e. The molecule has 0 bridgehead atoms. The lowest BCUT2D eigenvalue weighted by atomic mass is 9.76. The lowest BCUT2D eigenvalue weighted by molar-refractivity contribution is -0.136. The van der Waals surface area contributed by atoms with E-state index in [1.165, 1.54) is 7.11 Å². The highest BCUT2D eigenvalue weighted by Gasteiger charge is 2.37. The summed E-state index contributed by atoms with van der Waals surface area (Å²) in [7, 11) is 3.02. The second kappa shape index (κ2) is 13.8. The molecule has 2 aliphatic rings. The molecule has 0 saturated carbocycles. The lowest BCUT2D eigenvalue weighted by Crippen LogP contribution is -2.47. The summed E-state index contributed by atoms with van der Waals surface area (Å²) in [5, 5.41) is 15.7. The number of carbonyl (C=O) groups is 2. The second-order valence-electron chi connectivity index (χ2n) is 10.2. The number of urea groups is 1. The predicted octanol–water partition coefficient (Wildman–Crippen LogP) is 4.17. The van der Waals surface area contributed by atoms with Gasteiger partial charge in [-0.05, 0) is 56.6 Å². The van der Waals surface area contributed by atoms with Gasteiger partial charge in [0.2, 0.25) is 0 Å². The van der Waals surface area contributed by atoms with E-state index in [9.17, 15) is 14.9 Å². The van der Waals surface area contributed by atoms with Crippen molar-refractivity contribution in [2.45, 2.75) is 26.2 Å². The van der Waals surface area contributed by atoms with Crippen LogP contribution in [0.15, 0.2) is 64.8 Å². The molecule has 216 valence electrons. The van der Waals surface area contributed by atoms with Gasteiger partial charge in [0, 0.05) is 55.7 Å². The standard InChI is InChI=1S/C31H38N6O4/c1-21-25(20-32)29(28(22(2)34-21)30(38)41-4)23-9-7-10-24(19-23)35-31(39)33-13-8-14-36-15-17-37(18-16-36)26-11-5-6-12-27(26)40-3/h5-7,9-12,19,25,29H,8,13-18H2,1-4H3,(H2,33,35,39). The molecule has 0 spiro atoms. The van der Waals surface area contributed by atoms with Gasteiger partial charge in [0.05, 0.1) is 37.5 Å². The summed E-state index contributed by atoms with van der Waals surface area (Å²) in [6, 6.07) is 17.3. The summed E-state index contributed by atoms with van der Waals surface area (Å²) in [4.78, 5) is 34.4. The van der Waals surface area contributed by atoms with Crippen LogP contribution in [-0.2, 0) is 9.53 Å². The summed E-state index contributed by atoms with van der Waals surface area (Å²) in [5.74, 6) is -0.780. The molecule has 0 radical (unpaired) electrons. The average Bonchev–Trinajstić information content (AvgIpc) is 2.99.